The number of rotatable bonds is 25. The average molecular weight is 613 g/mol. The third-order valence-corrected chi connectivity index (χ3v) is 6.87. The van der Waals surface area contributed by atoms with Gasteiger partial charge < -0.3 is 19.0 Å². The molecule has 11 heteroatoms. The van der Waals surface area contributed by atoms with Crippen molar-refractivity contribution in [3.8, 4) is 0 Å². The smallest absolute Gasteiger partial charge is 0.306 e. The molecule has 0 aliphatic rings. The lowest BCUT2D eigenvalue weighted by Crippen LogP contribution is -2.38. The molecule has 1 unspecified atom stereocenters. The number of carbonyl (C=O) groups is 3. The first kappa shape index (κ1) is 40.6. The Morgan fingerprint density at radius 3 is 2.07 bits per heavy atom. The molecule has 1 atom stereocenters. The van der Waals surface area contributed by atoms with E-state index in [2.05, 4.69) is 24.2 Å². The number of Topliss-reactive ketones (excluding diaryl/α,β-unsaturated/α-hetero) is 1. The number of hydrogen-bond acceptors (Lipinski definition) is 10. The molecule has 0 radical (unpaired) electrons. The fourth-order valence-corrected chi connectivity index (χ4v) is 4.05. The van der Waals surface area contributed by atoms with Crippen LogP contribution in [0.2, 0.25) is 0 Å². The number of carbonyl (C=O) groups excluding carboxylic acids is 3. The molecule has 0 aromatic carbocycles. The van der Waals surface area contributed by atoms with Crippen LogP contribution in [0, 0.1) is 0 Å². The minimum absolute atomic E-state index is 0.0372. The number of esters is 2. The monoisotopic (exact) mass is 612 g/mol. The molecule has 0 fully saturated rings. The van der Waals surface area contributed by atoms with Crippen LogP contribution >= 0.6 is 0 Å². The second kappa shape index (κ2) is 25.0. The number of ketones is 1. The molecule has 1 rings (SSSR count). The van der Waals surface area contributed by atoms with Crippen molar-refractivity contribution in [2.75, 3.05) is 27.5 Å². The van der Waals surface area contributed by atoms with Gasteiger partial charge in [0.15, 0.2) is 11.9 Å². The Balaban J connectivity index is 0.00000862. The number of hydroxylamine groups is 2. The average Bonchev–Trinajstić information content (AvgIpc) is 3.45. The van der Waals surface area contributed by atoms with E-state index in [1.165, 1.54) is 12.2 Å². The maximum atomic E-state index is 12.7. The van der Waals surface area contributed by atoms with Gasteiger partial charge in [0.2, 0.25) is 0 Å². The standard InChI is InChI=1S/C30H54N4O7.C2H6/c1-7-9-11-13-15-17-28(36)39-23-26(41-29(37)18-16-14-12-10-8-2)22-34-21-25(31-32-34)19-20-27(35)30(3,4)40-24-33(5)38-6;1-2/h21,26H,7-20,22-24H2,1-6H3;1-2H3. The molecule has 0 N–H and O–H groups in total. The highest BCUT2D eigenvalue weighted by molar-refractivity contribution is 5.86. The Bertz CT molecular complexity index is 876. The Morgan fingerprint density at radius 1 is 0.907 bits per heavy atom. The van der Waals surface area contributed by atoms with Crippen molar-refractivity contribution in [3.63, 3.8) is 0 Å². The molecule has 43 heavy (non-hydrogen) atoms. The van der Waals surface area contributed by atoms with Crippen LogP contribution in [0.15, 0.2) is 6.20 Å². The van der Waals surface area contributed by atoms with Crippen LogP contribution in [0.25, 0.3) is 0 Å². The second-order valence-electron chi connectivity index (χ2n) is 11.1. The van der Waals surface area contributed by atoms with Crippen LogP contribution in [0.1, 0.15) is 131 Å². The van der Waals surface area contributed by atoms with Gasteiger partial charge in [0, 0.05) is 38.9 Å². The molecule has 1 heterocycles. The van der Waals surface area contributed by atoms with E-state index in [4.69, 9.17) is 19.0 Å². The third-order valence-electron chi connectivity index (χ3n) is 6.87. The topological polar surface area (TPSA) is 122 Å². The van der Waals surface area contributed by atoms with Gasteiger partial charge in [-0.25, -0.2) is 4.68 Å². The van der Waals surface area contributed by atoms with Crippen LogP contribution in [-0.2, 0) is 46.4 Å². The van der Waals surface area contributed by atoms with Crippen molar-refractivity contribution in [1.29, 1.82) is 0 Å². The molecule has 0 amide bonds. The van der Waals surface area contributed by atoms with Gasteiger partial charge in [-0.15, -0.1) is 5.10 Å². The minimum Gasteiger partial charge on any atom is -0.462 e. The van der Waals surface area contributed by atoms with Gasteiger partial charge in [0.1, 0.15) is 18.9 Å². The van der Waals surface area contributed by atoms with Gasteiger partial charge >= 0.3 is 11.9 Å². The molecule has 0 bridgehead atoms. The maximum absolute atomic E-state index is 12.7. The highest BCUT2D eigenvalue weighted by Gasteiger charge is 2.28. The molecule has 1 aromatic rings. The van der Waals surface area contributed by atoms with E-state index in [1.54, 1.807) is 31.8 Å². The van der Waals surface area contributed by atoms with Crippen molar-refractivity contribution >= 4 is 17.7 Å². The zero-order chi connectivity index (χ0) is 32.5. The summed E-state index contributed by atoms with van der Waals surface area (Å²) in [5.41, 5.74) is -0.341. The Kier molecular flexibility index (Phi) is 23.6. The summed E-state index contributed by atoms with van der Waals surface area (Å²) in [5, 5.41) is 9.80. The van der Waals surface area contributed by atoms with E-state index in [0.717, 1.165) is 64.2 Å². The molecule has 0 saturated carbocycles. The lowest BCUT2D eigenvalue weighted by atomic mass is 9.99. The van der Waals surface area contributed by atoms with Gasteiger partial charge in [-0.05, 0) is 26.7 Å². The van der Waals surface area contributed by atoms with E-state index in [-0.39, 0.29) is 44.0 Å². The molecule has 250 valence electrons. The third kappa shape index (κ3) is 20.3. The summed E-state index contributed by atoms with van der Waals surface area (Å²) >= 11 is 0. The van der Waals surface area contributed by atoms with Gasteiger partial charge in [-0.3, -0.25) is 14.4 Å². The lowest BCUT2D eigenvalue weighted by Gasteiger charge is -2.26. The molecule has 0 aliphatic carbocycles. The molecule has 1 aromatic heterocycles. The number of nitrogens with zero attached hydrogens (tertiary/aromatic N) is 4. The molecule has 0 spiro atoms. The van der Waals surface area contributed by atoms with E-state index in [0.29, 0.717) is 25.0 Å². The molecular weight excluding hydrogens is 552 g/mol. The Morgan fingerprint density at radius 2 is 1.49 bits per heavy atom. The van der Waals surface area contributed by atoms with Gasteiger partial charge in [0.25, 0.3) is 0 Å². The largest absolute Gasteiger partial charge is 0.462 e. The summed E-state index contributed by atoms with van der Waals surface area (Å²) in [5.74, 6) is -0.667. The van der Waals surface area contributed by atoms with Crippen LogP contribution in [0.4, 0.5) is 0 Å². The van der Waals surface area contributed by atoms with E-state index >= 15 is 0 Å². The highest BCUT2D eigenvalue weighted by atomic mass is 16.7. The zero-order valence-corrected chi connectivity index (χ0v) is 28.3. The number of hydrogen-bond donors (Lipinski definition) is 0. The molecule has 0 aliphatic heterocycles. The lowest BCUT2D eigenvalue weighted by molar-refractivity contribution is -0.199. The van der Waals surface area contributed by atoms with Gasteiger partial charge in [0.05, 0.1) is 19.3 Å². The predicted octanol–water partition coefficient (Wildman–Crippen LogP) is 6.23. The van der Waals surface area contributed by atoms with Crippen LogP contribution in [0.3, 0.4) is 0 Å². The SMILES string of the molecule is CC.CCCCCCCC(=O)OCC(Cn1cc(CCC(=O)C(C)(C)OCN(C)OC)nn1)OC(=O)CCCCCCC. The zero-order valence-electron chi connectivity index (χ0n) is 28.3. The van der Waals surface area contributed by atoms with Crippen molar-refractivity contribution in [3.05, 3.63) is 11.9 Å². The van der Waals surface area contributed by atoms with Crippen LogP contribution in [-0.4, -0.2) is 77.0 Å². The summed E-state index contributed by atoms with van der Waals surface area (Å²) in [7, 11) is 3.24. The first-order valence-corrected chi connectivity index (χ1v) is 16.3. The number of unbranched alkanes of at least 4 members (excludes halogenated alkanes) is 8. The Hall–Kier alpha value is -2.37. The fourth-order valence-electron chi connectivity index (χ4n) is 4.05. The predicted molar refractivity (Wildman–Crippen MR) is 167 cm³/mol. The van der Waals surface area contributed by atoms with Crippen molar-refractivity contribution < 1.29 is 33.4 Å². The second-order valence-corrected chi connectivity index (χ2v) is 11.1. The number of ether oxygens (including phenoxy) is 3. The van der Waals surface area contributed by atoms with Crippen molar-refractivity contribution in [2.45, 2.75) is 150 Å². The summed E-state index contributed by atoms with van der Waals surface area (Å²) in [6.45, 7) is 12.1. The van der Waals surface area contributed by atoms with Gasteiger partial charge in [-0.2, -0.15) is 5.06 Å². The van der Waals surface area contributed by atoms with E-state index in [9.17, 15) is 14.4 Å². The van der Waals surface area contributed by atoms with E-state index in [1.807, 2.05) is 13.8 Å². The highest BCUT2D eigenvalue weighted by Crippen LogP contribution is 2.16. The minimum atomic E-state index is -0.974. The quantitative estimate of drug-likeness (QED) is 0.0544. The van der Waals surface area contributed by atoms with Crippen LogP contribution in [0.5, 0.6) is 0 Å². The number of aryl methyl sites for hydroxylation is 1. The van der Waals surface area contributed by atoms with Gasteiger partial charge in [-0.1, -0.05) is 84.3 Å². The van der Waals surface area contributed by atoms with Crippen molar-refractivity contribution in [2.24, 2.45) is 0 Å². The maximum Gasteiger partial charge on any atom is 0.306 e. The Labute approximate surface area is 260 Å². The summed E-state index contributed by atoms with van der Waals surface area (Å²) in [4.78, 5) is 42.5. The van der Waals surface area contributed by atoms with Crippen molar-refractivity contribution in [1.82, 2.24) is 20.1 Å². The van der Waals surface area contributed by atoms with Crippen LogP contribution < -0.4 is 0 Å². The summed E-state index contributed by atoms with van der Waals surface area (Å²) < 4.78 is 18.4. The first-order valence-electron chi connectivity index (χ1n) is 16.3. The normalized spacial score (nSPS) is 12.0. The number of aromatic nitrogens is 3. The van der Waals surface area contributed by atoms with E-state index < -0.39 is 11.7 Å². The summed E-state index contributed by atoms with van der Waals surface area (Å²) in [6.07, 6.45) is 12.7. The first-order chi connectivity index (χ1) is 20.6. The summed E-state index contributed by atoms with van der Waals surface area (Å²) in [6, 6.07) is 0. The molecule has 0 saturated heterocycles. The fraction of sp³-hybridized carbons (Fsp3) is 0.844. The molecule has 11 nitrogen and oxygen atoms in total. The molecular formula is C32H60N4O7.